The summed E-state index contributed by atoms with van der Waals surface area (Å²) in [5.74, 6) is 4.82. The average Bonchev–Trinajstić information content (AvgIpc) is 2.17. The molecule has 0 atom stereocenters. The number of nitrogen functional groups attached to an aromatic ring is 1. The Morgan fingerprint density at radius 1 is 1.36 bits per heavy atom. The highest BCUT2D eigenvalue weighted by Gasteiger charge is 1.91. The normalized spacial score (nSPS) is 12.1. The molecule has 0 heterocycles. The Balaban J connectivity index is 2.58. The molecule has 74 valence electrons. The molecule has 0 saturated heterocycles. The SMILES string of the molecule is NN=C(N)N=NCc1cccc(N)c1. The summed E-state index contributed by atoms with van der Waals surface area (Å²) in [4.78, 5) is 0. The third kappa shape index (κ3) is 3.10. The maximum atomic E-state index is 5.58. The van der Waals surface area contributed by atoms with Gasteiger partial charge in [-0.05, 0) is 17.7 Å². The fraction of sp³-hybridized carbons (Fsp3) is 0.125. The number of azo groups is 1. The lowest BCUT2D eigenvalue weighted by Gasteiger charge is -1.96. The number of hydrogen-bond acceptors (Lipinski definition) is 4. The topological polar surface area (TPSA) is 115 Å². The zero-order valence-corrected chi connectivity index (χ0v) is 7.59. The van der Waals surface area contributed by atoms with E-state index in [1.54, 1.807) is 6.07 Å². The van der Waals surface area contributed by atoms with Crippen molar-refractivity contribution >= 4 is 11.6 Å². The van der Waals surface area contributed by atoms with Gasteiger partial charge in [0.1, 0.15) is 0 Å². The highest BCUT2D eigenvalue weighted by atomic mass is 15.3. The van der Waals surface area contributed by atoms with Crippen LogP contribution in [-0.2, 0) is 6.54 Å². The molecule has 0 aliphatic heterocycles. The molecular weight excluding hydrogens is 180 g/mol. The maximum absolute atomic E-state index is 5.58. The third-order valence-corrected chi connectivity index (χ3v) is 1.51. The maximum Gasteiger partial charge on any atom is 0.255 e. The van der Waals surface area contributed by atoms with Gasteiger partial charge in [0.2, 0.25) is 0 Å². The third-order valence-electron chi connectivity index (χ3n) is 1.51. The molecular formula is C8H12N6. The van der Waals surface area contributed by atoms with Gasteiger partial charge in [0.25, 0.3) is 5.96 Å². The molecule has 1 rings (SSSR count). The molecule has 0 bridgehead atoms. The second-order valence-corrected chi connectivity index (χ2v) is 2.63. The van der Waals surface area contributed by atoms with E-state index in [1.807, 2.05) is 18.2 Å². The zero-order valence-electron chi connectivity index (χ0n) is 7.59. The molecule has 1 aromatic rings. The van der Waals surface area contributed by atoms with Gasteiger partial charge in [-0.1, -0.05) is 12.1 Å². The number of benzene rings is 1. The monoisotopic (exact) mass is 192 g/mol. The summed E-state index contributed by atoms with van der Waals surface area (Å²) >= 11 is 0. The first-order chi connectivity index (χ1) is 6.72. The van der Waals surface area contributed by atoms with Gasteiger partial charge in [0.15, 0.2) is 0 Å². The number of hydrazone groups is 1. The number of nitrogens with two attached hydrogens (primary N) is 3. The second-order valence-electron chi connectivity index (χ2n) is 2.63. The Hall–Kier alpha value is -2.11. The summed E-state index contributed by atoms with van der Waals surface area (Å²) in [5.41, 5.74) is 12.4. The van der Waals surface area contributed by atoms with Gasteiger partial charge in [-0.15, -0.1) is 10.2 Å². The summed E-state index contributed by atoms with van der Waals surface area (Å²) in [7, 11) is 0. The number of anilines is 1. The molecule has 0 aromatic heterocycles. The van der Waals surface area contributed by atoms with Crippen molar-refractivity contribution < 1.29 is 0 Å². The molecule has 0 saturated carbocycles. The van der Waals surface area contributed by atoms with Crippen molar-refractivity contribution in [3.63, 3.8) is 0 Å². The largest absolute Gasteiger partial charge is 0.399 e. The van der Waals surface area contributed by atoms with Crippen LogP contribution >= 0.6 is 0 Å². The molecule has 0 fully saturated rings. The van der Waals surface area contributed by atoms with Crippen LogP contribution in [0.2, 0.25) is 0 Å². The molecule has 0 radical (unpaired) electrons. The van der Waals surface area contributed by atoms with E-state index in [9.17, 15) is 0 Å². The van der Waals surface area contributed by atoms with Gasteiger partial charge >= 0.3 is 0 Å². The van der Waals surface area contributed by atoms with E-state index in [4.69, 9.17) is 17.3 Å². The van der Waals surface area contributed by atoms with Crippen molar-refractivity contribution in [3.8, 4) is 0 Å². The standard InChI is InChI=1S/C8H12N6/c9-7-3-1-2-6(4-7)5-12-14-8(10)13-11/h1-4H,5,9,11H2,(H2,10,13). The van der Waals surface area contributed by atoms with E-state index in [-0.39, 0.29) is 5.96 Å². The second kappa shape index (κ2) is 4.80. The highest BCUT2D eigenvalue weighted by Crippen LogP contribution is 2.07. The van der Waals surface area contributed by atoms with Gasteiger partial charge < -0.3 is 17.3 Å². The van der Waals surface area contributed by atoms with Crippen LogP contribution < -0.4 is 17.3 Å². The molecule has 6 nitrogen and oxygen atoms in total. The molecule has 1 aromatic carbocycles. The molecule has 14 heavy (non-hydrogen) atoms. The van der Waals surface area contributed by atoms with E-state index in [2.05, 4.69) is 15.3 Å². The van der Waals surface area contributed by atoms with Crippen LogP contribution in [0, 0.1) is 0 Å². The van der Waals surface area contributed by atoms with Crippen molar-refractivity contribution in [1.29, 1.82) is 0 Å². The Labute approximate surface area is 81.5 Å². The van der Waals surface area contributed by atoms with E-state index < -0.39 is 0 Å². The molecule has 0 amide bonds. The first-order valence-electron chi connectivity index (χ1n) is 3.97. The van der Waals surface area contributed by atoms with Crippen molar-refractivity contribution in [1.82, 2.24) is 0 Å². The van der Waals surface area contributed by atoms with Gasteiger partial charge in [-0.25, -0.2) is 0 Å². The van der Waals surface area contributed by atoms with Crippen LogP contribution in [-0.4, -0.2) is 5.96 Å². The number of rotatable bonds is 2. The van der Waals surface area contributed by atoms with Gasteiger partial charge in [0, 0.05) is 5.69 Å². The first kappa shape index (κ1) is 9.97. The van der Waals surface area contributed by atoms with Crippen molar-refractivity contribution in [3.05, 3.63) is 29.8 Å². The minimum absolute atomic E-state index is 0.0473. The van der Waals surface area contributed by atoms with Crippen molar-refractivity contribution in [2.75, 3.05) is 5.73 Å². The Bertz CT molecular complexity index is 357. The predicted octanol–water partition coefficient (Wildman–Crippen LogP) is 0.409. The Morgan fingerprint density at radius 3 is 2.79 bits per heavy atom. The Morgan fingerprint density at radius 2 is 2.14 bits per heavy atom. The molecule has 0 unspecified atom stereocenters. The van der Waals surface area contributed by atoms with E-state index in [0.29, 0.717) is 12.2 Å². The van der Waals surface area contributed by atoms with Crippen LogP contribution in [0.4, 0.5) is 5.69 Å². The lowest BCUT2D eigenvalue weighted by Crippen LogP contribution is -2.09. The number of hydrogen-bond donors (Lipinski definition) is 3. The fourth-order valence-electron chi connectivity index (χ4n) is 0.907. The van der Waals surface area contributed by atoms with Gasteiger partial charge in [-0.3, -0.25) is 0 Å². The van der Waals surface area contributed by atoms with E-state index >= 15 is 0 Å². The fourth-order valence-corrected chi connectivity index (χ4v) is 0.907. The van der Waals surface area contributed by atoms with Crippen LogP contribution in [0.1, 0.15) is 5.56 Å². The lowest BCUT2D eigenvalue weighted by molar-refractivity contribution is 0.963. The van der Waals surface area contributed by atoms with Crippen LogP contribution in [0.5, 0.6) is 0 Å². The summed E-state index contributed by atoms with van der Waals surface area (Å²) < 4.78 is 0. The smallest absolute Gasteiger partial charge is 0.255 e. The van der Waals surface area contributed by atoms with E-state index in [1.165, 1.54) is 0 Å². The van der Waals surface area contributed by atoms with Gasteiger partial charge in [0.05, 0.1) is 6.54 Å². The minimum Gasteiger partial charge on any atom is -0.399 e. The average molecular weight is 192 g/mol. The summed E-state index contributed by atoms with van der Waals surface area (Å²) in [6.07, 6.45) is 0. The van der Waals surface area contributed by atoms with E-state index in [0.717, 1.165) is 5.56 Å². The highest BCUT2D eigenvalue weighted by molar-refractivity contribution is 5.77. The summed E-state index contributed by atoms with van der Waals surface area (Å²) in [5, 5.41) is 10.5. The Kier molecular flexibility index (Phi) is 3.42. The van der Waals surface area contributed by atoms with Crippen LogP contribution in [0.25, 0.3) is 0 Å². The molecule has 6 N–H and O–H groups in total. The van der Waals surface area contributed by atoms with Crippen LogP contribution in [0.3, 0.4) is 0 Å². The zero-order chi connectivity index (χ0) is 10.4. The lowest BCUT2D eigenvalue weighted by atomic mass is 10.2. The molecule has 6 heteroatoms. The summed E-state index contributed by atoms with van der Waals surface area (Å²) in [6.45, 7) is 0.404. The predicted molar refractivity (Wildman–Crippen MR) is 55.2 cm³/mol. The molecule has 0 spiro atoms. The van der Waals surface area contributed by atoms with Crippen molar-refractivity contribution in [2.24, 2.45) is 26.9 Å². The number of nitrogens with zero attached hydrogens (tertiary/aromatic N) is 3. The minimum atomic E-state index is -0.0473. The first-order valence-corrected chi connectivity index (χ1v) is 3.97. The molecule has 0 aliphatic carbocycles. The quantitative estimate of drug-likeness (QED) is 0.157. The van der Waals surface area contributed by atoms with Gasteiger partial charge in [-0.2, -0.15) is 5.11 Å². The van der Waals surface area contributed by atoms with Crippen LogP contribution in [0.15, 0.2) is 39.6 Å². The molecule has 0 aliphatic rings. The number of guanidine groups is 1. The van der Waals surface area contributed by atoms with Crippen molar-refractivity contribution in [2.45, 2.75) is 6.54 Å². The summed E-state index contributed by atoms with van der Waals surface area (Å²) in [6, 6.07) is 7.36.